The molecule has 2 heterocycles. The minimum absolute atomic E-state index is 0.178. The molecule has 5 heteroatoms. The Morgan fingerprint density at radius 1 is 1.52 bits per heavy atom. The number of fused-ring (bicyclic) bond motifs is 1. The van der Waals surface area contributed by atoms with E-state index in [9.17, 15) is 9.18 Å². The van der Waals surface area contributed by atoms with E-state index < -0.39 is 5.97 Å². The predicted molar refractivity (Wildman–Crippen MR) is 77.9 cm³/mol. The second kappa shape index (κ2) is 5.77. The van der Waals surface area contributed by atoms with E-state index in [2.05, 4.69) is 10.3 Å². The lowest BCUT2D eigenvalue weighted by Crippen LogP contribution is -2.14. The number of hydrogen-bond donors (Lipinski definition) is 1. The first kappa shape index (κ1) is 13.9. The number of aromatic nitrogens is 1. The van der Waals surface area contributed by atoms with Crippen molar-refractivity contribution in [1.29, 1.82) is 0 Å². The molecule has 2 aromatic rings. The number of nitrogens with zero attached hydrogens (tertiary/aromatic N) is 1. The number of benzene rings is 1. The Morgan fingerprint density at radius 3 is 3.10 bits per heavy atom. The molecule has 1 saturated heterocycles. The van der Waals surface area contributed by atoms with Gasteiger partial charge >= 0.3 is 5.97 Å². The zero-order valence-corrected chi connectivity index (χ0v) is 11.9. The molecule has 1 aliphatic rings. The quantitative estimate of drug-likeness (QED) is 0.882. The van der Waals surface area contributed by atoms with Crippen LogP contribution in [0.4, 0.5) is 4.39 Å². The number of halogens is 1. The van der Waals surface area contributed by atoms with Crippen LogP contribution < -0.4 is 5.32 Å². The van der Waals surface area contributed by atoms with Crippen LogP contribution in [0.5, 0.6) is 0 Å². The lowest BCUT2D eigenvalue weighted by molar-refractivity contribution is 0.0524. The van der Waals surface area contributed by atoms with E-state index >= 15 is 0 Å². The third-order valence-electron chi connectivity index (χ3n) is 3.84. The SMILES string of the molecule is CCOC(=O)c1cnc2ccc(F)cc2c1C1CCNC1. The summed E-state index contributed by atoms with van der Waals surface area (Å²) < 4.78 is 18.7. The molecule has 0 aliphatic carbocycles. The Morgan fingerprint density at radius 2 is 2.38 bits per heavy atom. The molecule has 1 aromatic heterocycles. The Hall–Kier alpha value is -2.01. The summed E-state index contributed by atoms with van der Waals surface area (Å²) in [5, 5.41) is 3.99. The zero-order chi connectivity index (χ0) is 14.8. The zero-order valence-electron chi connectivity index (χ0n) is 11.9. The van der Waals surface area contributed by atoms with E-state index in [1.807, 2.05) is 0 Å². The molecule has 4 nitrogen and oxygen atoms in total. The lowest BCUT2D eigenvalue weighted by Gasteiger charge is -2.16. The Bertz CT molecular complexity index is 681. The molecule has 0 spiro atoms. The Balaban J connectivity index is 2.21. The van der Waals surface area contributed by atoms with Gasteiger partial charge in [-0.15, -0.1) is 0 Å². The van der Waals surface area contributed by atoms with Gasteiger partial charge in [0.15, 0.2) is 0 Å². The molecule has 110 valence electrons. The van der Waals surface area contributed by atoms with Crippen molar-refractivity contribution in [3.8, 4) is 0 Å². The summed E-state index contributed by atoms with van der Waals surface area (Å²) in [7, 11) is 0. The highest BCUT2D eigenvalue weighted by molar-refractivity contribution is 5.97. The van der Waals surface area contributed by atoms with Crippen LogP contribution in [0.1, 0.15) is 35.2 Å². The molecule has 0 saturated carbocycles. The summed E-state index contributed by atoms with van der Waals surface area (Å²) in [5.41, 5.74) is 2.00. The van der Waals surface area contributed by atoms with Gasteiger partial charge in [0.05, 0.1) is 17.7 Å². The van der Waals surface area contributed by atoms with Gasteiger partial charge in [-0.1, -0.05) is 0 Å². The van der Waals surface area contributed by atoms with E-state index in [1.165, 1.54) is 12.1 Å². The summed E-state index contributed by atoms with van der Waals surface area (Å²) in [5.74, 6) is -0.535. The molecule has 1 atom stereocenters. The van der Waals surface area contributed by atoms with E-state index in [1.54, 1.807) is 19.2 Å². The average molecular weight is 288 g/mol. The van der Waals surface area contributed by atoms with Crippen LogP contribution in [0.3, 0.4) is 0 Å². The van der Waals surface area contributed by atoms with E-state index in [4.69, 9.17) is 4.74 Å². The van der Waals surface area contributed by atoms with E-state index in [0.717, 1.165) is 25.1 Å². The van der Waals surface area contributed by atoms with Crippen molar-refractivity contribution >= 4 is 16.9 Å². The first-order valence-corrected chi connectivity index (χ1v) is 7.16. The maximum Gasteiger partial charge on any atom is 0.340 e. The summed E-state index contributed by atoms with van der Waals surface area (Å²) in [6.07, 6.45) is 2.47. The highest BCUT2D eigenvalue weighted by Crippen LogP contribution is 2.32. The summed E-state index contributed by atoms with van der Waals surface area (Å²) in [6, 6.07) is 4.49. The summed E-state index contributed by atoms with van der Waals surface area (Å²) in [4.78, 5) is 16.4. The maximum atomic E-state index is 13.6. The maximum absolute atomic E-state index is 13.6. The highest BCUT2D eigenvalue weighted by Gasteiger charge is 2.26. The van der Waals surface area contributed by atoms with Crippen molar-refractivity contribution in [1.82, 2.24) is 10.3 Å². The number of ether oxygens (including phenoxy) is 1. The first-order valence-electron chi connectivity index (χ1n) is 7.16. The molecule has 1 aliphatic heterocycles. The Kier molecular flexibility index (Phi) is 3.84. The molecule has 21 heavy (non-hydrogen) atoms. The van der Waals surface area contributed by atoms with Crippen LogP contribution in [0.25, 0.3) is 10.9 Å². The minimum Gasteiger partial charge on any atom is -0.462 e. The van der Waals surface area contributed by atoms with Crippen LogP contribution in [-0.4, -0.2) is 30.6 Å². The van der Waals surface area contributed by atoms with Crippen molar-refractivity contribution in [3.63, 3.8) is 0 Å². The topological polar surface area (TPSA) is 51.2 Å². The second-order valence-corrected chi connectivity index (χ2v) is 5.16. The fraction of sp³-hybridized carbons (Fsp3) is 0.375. The standard InChI is InChI=1S/C16H17FN2O2/c1-2-21-16(20)13-9-19-14-4-3-11(17)7-12(14)15(13)10-5-6-18-8-10/h3-4,7,9-10,18H,2,5-6,8H2,1H3. The van der Waals surface area contributed by atoms with Gasteiger partial charge in [-0.3, -0.25) is 4.98 Å². The second-order valence-electron chi connectivity index (χ2n) is 5.16. The molecule has 1 unspecified atom stereocenters. The third-order valence-corrected chi connectivity index (χ3v) is 3.84. The number of pyridine rings is 1. The van der Waals surface area contributed by atoms with Crippen LogP contribution in [0.15, 0.2) is 24.4 Å². The highest BCUT2D eigenvalue weighted by atomic mass is 19.1. The van der Waals surface area contributed by atoms with Crippen molar-refractivity contribution in [2.75, 3.05) is 19.7 Å². The monoisotopic (exact) mass is 288 g/mol. The fourth-order valence-electron chi connectivity index (χ4n) is 2.90. The van der Waals surface area contributed by atoms with Crippen molar-refractivity contribution in [3.05, 3.63) is 41.3 Å². The summed E-state index contributed by atoms with van der Waals surface area (Å²) in [6.45, 7) is 3.75. The van der Waals surface area contributed by atoms with Gasteiger partial charge in [0.25, 0.3) is 0 Å². The number of esters is 1. The van der Waals surface area contributed by atoms with Crippen LogP contribution in [0, 0.1) is 5.82 Å². The number of carbonyl (C=O) groups is 1. The predicted octanol–water partition coefficient (Wildman–Crippen LogP) is 2.63. The van der Waals surface area contributed by atoms with E-state index in [0.29, 0.717) is 23.1 Å². The molecule has 1 fully saturated rings. The van der Waals surface area contributed by atoms with Gasteiger partial charge in [0.1, 0.15) is 5.82 Å². The van der Waals surface area contributed by atoms with Crippen molar-refractivity contribution in [2.45, 2.75) is 19.3 Å². The Labute approximate surface area is 122 Å². The molecule has 0 radical (unpaired) electrons. The number of nitrogens with one attached hydrogen (secondary N) is 1. The number of carbonyl (C=O) groups excluding carboxylic acids is 1. The van der Waals surface area contributed by atoms with Gasteiger partial charge in [-0.2, -0.15) is 0 Å². The molecule has 3 rings (SSSR count). The largest absolute Gasteiger partial charge is 0.462 e. The van der Waals surface area contributed by atoms with Gasteiger partial charge in [0, 0.05) is 18.1 Å². The molecule has 0 bridgehead atoms. The van der Waals surface area contributed by atoms with Crippen LogP contribution >= 0.6 is 0 Å². The summed E-state index contributed by atoms with van der Waals surface area (Å²) >= 11 is 0. The van der Waals surface area contributed by atoms with Gasteiger partial charge in [-0.05, 0) is 49.6 Å². The van der Waals surface area contributed by atoms with Crippen LogP contribution in [-0.2, 0) is 4.74 Å². The van der Waals surface area contributed by atoms with Gasteiger partial charge in [-0.25, -0.2) is 9.18 Å². The first-order chi connectivity index (χ1) is 10.2. The molecular formula is C16H17FN2O2. The van der Waals surface area contributed by atoms with Gasteiger partial charge in [0.2, 0.25) is 0 Å². The molecule has 1 N–H and O–H groups in total. The molecule has 0 amide bonds. The van der Waals surface area contributed by atoms with Crippen molar-refractivity contribution in [2.24, 2.45) is 0 Å². The average Bonchev–Trinajstić information content (AvgIpc) is 3.00. The number of rotatable bonds is 3. The lowest BCUT2D eigenvalue weighted by atomic mass is 9.90. The smallest absolute Gasteiger partial charge is 0.340 e. The van der Waals surface area contributed by atoms with Crippen molar-refractivity contribution < 1.29 is 13.9 Å². The third kappa shape index (κ3) is 2.61. The number of hydrogen-bond acceptors (Lipinski definition) is 4. The molecule has 1 aromatic carbocycles. The fourth-order valence-corrected chi connectivity index (χ4v) is 2.90. The van der Waals surface area contributed by atoms with Crippen LogP contribution in [0.2, 0.25) is 0 Å². The normalized spacial score (nSPS) is 18.1. The van der Waals surface area contributed by atoms with E-state index in [-0.39, 0.29) is 11.7 Å². The van der Waals surface area contributed by atoms with Gasteiger partial charge < -0.3 is 10.1 Å². The molecular weight excluding hydrogens is 271 g/mol. The minimum atomic E-state index is -0.391.